The molecule has 2 aromatic heterocycles. The predicted octanol–water partition coefficient (Wildman–Crippen LogP) is 2.60. The summed E-state index contributed by atoms with van der Waals surface area (Å²) in [5.41, 5.74) is 1.93. The number of amides is 1. The highest BCUT2D eigenvalue weighted by molar-refractivity contribution is 6.04. The summed E-state index contributed by atoms with van der Waals surface area (Å²) in [6.45, 7) is 6.93. The molecule has 1 aromatic carbocycles. The van der Waals surface area contributed by atoms with Crippen LogP contribution in [0.25, 0.3) is 5.95 Å². The Morgan fingerprint density at radius 3 is 2.62 bits per heavy atom. The van der Waals surface area contributed by atoms with Crippen molar-refractivity contribution in [3.8, 4) is 5.95 Å². The van der Waals surface area contributed by atoms with Gasteiger partial charge in [-0.1, -0.05) is 13.0 Å². The number of aromatic nitrogens is 4. The third kappa shape index (κ3) is 3.91. The minimum absolute atomic E-state index is 0.131. The smallest absolute Gasteiger partial charge is 0.273 e. The van der Waals surface area contributed by atoms with Crippen LogP contribution in [-0.2, 0) is 6.42 Å². The number of nitro groups is 1. The first kappa shape index (κ1) is 19.9. The van der Waals surface area contributed by atoms with Crippen LogP contribution in [0.15, 0.2) is 29.1 Å². The van der Waals surface area contributed by atoms with E-state index >= 15 is 0 Å². The first-order chi connectivity index (χ1) is 13.7. The molecule has 0 saturated heterocycles. The van der Waals surface area contributed by atoms with Crippen molar-refractivity contribution in [2.45, 2.75) is 34.1 Å². The lowest BCUT2D eigenvalue weighted by Crippen LogP contribution is -2.22. The Morgan fingerprint density at radius 2 is 2.00 bits per heavy atom. The number of carbonyl (C=O) groups excluding carboxylic acids is 1. The zero-order chi connectivity index (χ0) is 21.3. The van der Waals surface area contributed by atoms with Crippen LogP contribution in [0.2, 0.25) is 0 Å². The first-order valence-corrected chi connectivity index (χ1v) is 8.94. The van der Waals surface area contributed by atoms with Crippen LogP contribution >= 0.6 is 0 Å². The van der Waals surface area contributed by atoms with Gasteiger partial charge < -0.3 is 5.32 Å². The Morgan fingerprint density at radius 1 is 1.28 bits per heavy atom. The molecule has 0 unspecified atom stereocenters. The van der Waals surface area contributed by atoms with E-state index < -0.39 is 10.8 Å². The number of H-pyrrole nitrogens is 1. The second-order valence-corrected chi connectivity index (χ2v) is 6.60. The molecular weight excluding hydrogens is 376 g/mol. The lowest BCUT2D eigenvalue weighted by atomic mass is 10.1. The Labute approximate surface area is 165 Å². The highest BCUT2D eigenvalue weighted by atomic mass is 16.6. The van der Waals surface area contributed by atoms with Crippen molar-refractivity contribution in [3.05, 3.63) is 72.8 Å². The molecule has 0 spiro atoms. The Hall–Kier alpha value is -3.82. The van der Waals surface area contributed by atoms with Crippen LogP contribution in [0.5, 0.6) is 0 Å². The molecular formula is C19H20N6O4. The standard InChI is InChI=1S/C19H20N6O4/c1-5-14-12(4)20-19(22-18(14)27)24-16(8-11(3)23-24)21-17(26)13-7-6-10(2)15(9-13)25(28)29/h6-9H,5H2,1-4H3,(H,21,26)(H,20,22,27). The number of rotatable bonds is 5. The third-order valence-corrected chi connectivity index (χ3v) is 4.51. The number of benzene rings is 1. The summed E-state index contributed by atoms with van der Waals surface area (Å²) in [6.07, 6.45) is 0.544. The fourth-order valence-electron chi connectivity index (χ4n) is 3.00. The number of anilines is 1. The average molecular weight is 396 g/mol. The summed E-state index contributed by atoms with van der Waals surface area (Å²) in [6, 6.07) is 5.86. The maximum atomic E-state index is 12.7. The molecule has 10 nitrogen and oxygen atoms in total. The SMILES string of the molecule is CCc1c(C)nc(-n2nc(C)cc2NC(=O)c2ccc(C)c([N+](=O)[O-])c2)[nH]c1=O. The van der Waals surface area contributed by atoms with Crippen molar-refractivity contribution in [2.75, 3.05) is 5.32 Å². The normalized spacial score (nSPS) is 10.8. The van der Waals surface area contributed by atoms with E-state index in [9.17, 15) is 19.7 Å². The second kappa shape index (κ2) is 7.66. The first-order valence-electron chi connectivity index (χ1n) is 8.94. The zero-order valence-corrected chi connectivity index (χ0v) is 16.4. The van der Waals surface area contributed by atoms with Gasteiger partial charge in [-0.05, 0) is 33.3 Å². The largest absolute Gasteiger partial charge is 0.306 e. The Balaban J connectivity index is 1.98. The van der Waals surface area contributed by atoms with Gasteiger partial charge in [0.15, 0.2) is 0 Å². The summed E-state index contributed by atoms with van der Waals surface area (Å²) in [5.74, 6) is -0.0935. The van der Waals surface area contributed by atoms with E-state index in [1.807, 2.05) is 6.92 Å². The number of hydrogen-bond acceptors (Lipinski definition) is 6. The molecule has 0 fully saturated rings. The summed E-state index contributed by atoms with van der Waals surface area (Å²) in [4.78, 5) is 42.6. The van der Waals surface area contributed by atoms with Gasteiger partial charge in [-0.2, -0.15) is 9.78 Å². The molecule has 3 rings (SSSR count). The highest BCUT2D eigenvalue weighted by Crippen LogP contribution is 2.21. The van der Waals surface area contributed by atoms with E-state index in [2.05, 4.69) is 20.4 Å². The number of aromatic amines is 1. The summed E-state index contributed by atoms with van der Waals surface area (Å²) in [7, 11) is 0. The van der Waals surface area contributed by atoms with Gasteiger partial charge in [0.1, 0.15) is 5.82 Å². The monoisotopic (exact) mass is 396 g/mol. The molecule has 10 heteroatoms. The van der Waals surface area contributed by atoms with Crippen LogP contribution in [0.1, 0.15) is 39.8 Å². The fraction of sp³-hybridized carbons (Fsp3) is 0.263. The number of nitrogens with one attached hydrogen (secondary N) is 2. The Bertz CT molecular complexity index is 1180. The van der Waals surface area contributed by atoms with Crippen molar-refractivity contribution >= 4 is 17.4 Å². The molecule has 1 amide bonds. The van der Waals surface area contributed by atoms with E-state index in [1.165, 1.54) is 22.9 Å². The molecule has 29 heavy (non-hydrogen) atoms. The number of hydrogen-bond donors (Lipinski definition) is 2. The van der Waals surface area contributed by atoms with Gasteiger partial charge in [-0.25, -0.2) is 4.98 Å². The number of aryl methyl sites for hydroxylation is 3. The molecule has 0 atom stereocenters. The molecule has 0 aliphatic heterocycles. The molecule has 0 bridgehead atoms. The van der Waals surface area contributed by atoms with Crippen molar-refractivity contribution in [1.29, 1.82) is 0 Å². The van der Waals surface area contributed by atoms with E-state index in [1.54, 1.807) is 26.8 Å². The zero-order valence-electron chi connectivity index (χ0n) is 16.4. The van der Waals surface area contributed by atoms with Crippen LogP contribution in [0.3, 0.4) is 0 Å². The van der Waals surface area contributed by atoms with E-state index in [0.717, 1.165) is 0 Å². The van der Waals surface area contributed by atoms with E-state index in [4.69, 9.17) is 0 Å². The van der Waals surface area contributed by atoms with Gasteiger partial charge in [-0.3, -0.25) is 24.7 Å². The van der Waals surface area contributed by atoms with Gasteiger partial charge in [-0.15, -0.1) is 0 Å². The van der Waals surface area contributed by atoms with Gasteiger partial charge >= 0.3 is 0 Å². The van der Waals surface area contributed by atoms with Crippen molar-refractivity contribution in [2.24, 2.45) is 0 Å². The molecule has 2 heterocycles. The molecule has 3 aromatic rings. The predicted molar refractivity (Wildman–Crippen MR) is 107 cm³/mol. The van der Waals surface area contributed by atoms with Crippen LogP contribution < -0.4 is 10.9 Å². The lowest BCUT2D eigenvalue weighted by molar-refractivity contribution is -0.385. The minimum Gasteiger partial charge on any atom is -0.306 e. The van der Waals surface area contributed by atoms with Crippen molar-refractivity contribution in [3.63, 3.8) is 0 Å². The van der Waals surface area contributed by atoms with Crippen LogP contribution in [0.4, 0.5) is 11.5 Å². The molecule has 150 valence electrons. The second-order valence-electron chi connectivity index (χ2n) is 6.60. The third-order valence-electron chi connectivity index (χ3n) is 4.51. The minimum atomic E-state index is -0.543. The molecule has 0 aliphatic carbocycles. The number of nitro benzene ring substituents is 1. The number of carbonyl (C=O) groups is 1. The van der Waals surface area contributed by atoms with Crippen molar-refractivity contribution < 1.29 is 9.72 Å². The lowest BCUT2D eigenvalue weighted by Gasteiger charge is -2.10. The van der Waals surface area contributed by atoms with Crippen molar-refractivity contribution in [1.82, 2.24) is 19.7 Å². The summed E-state index contributed by atoms with van der Waals surface area (Å²) in [5, 5.41) is 18.1. The molecule has 0 aliphatic rings. The van der Waals surface area contributed by atoms with Gasteiger partial charge in [0.2, 0.25) is 5.95 Å². The van der Waals surface area contributed by atoms with Gasteiger partial charge in [0, 0.05) is 34.5 Å². The molecule has 0 radical (unpaired) electrons. The van der Waals surface area contributed by atoms with Gasteiger partial charge in [0.05, 0.1) is 10.6 Å². The maximum Gasteiger partial charge on any atom is 0.273 e. The van der Waals surface area contributed by atoms with Crippen LogP contribution in [-0.4, -0.2) is 30.6 Å². The summed E-state index contributed by atoms with van der Waals surface area (Å²) >= 11 is 0. The fourth-order valence-corrected chi connectivity index (χ4v) is 3.00. The van der Waals surface area contributed by atoms with Crippen LogP contribution in [0, 0.1) is 30.9 Å². The number of nitrogens with zero attached hydrogens (tertiary/aromatic N) is 4. The highest BCUT2D eigenvalue weighted by Gasteiger charge is 2.18. The average Bonchev–Trinajstić information content (AvgIpc) is 3.01. The quantitative estimate of drug-likeness (QED) is 0.502. The van der Waals surface area contributed by atoms with E-state index in [0.29, 0.717) is 28.9 Å². The molecule has 2 N–H and O–H groups in total. The molecule has 0 saturated carbocycles. The summed E-state index contributed by atoms with van der Waals surface area (Å²) < 4.78 is 1.32. The van der Waals surface area contributed by atoms with Gasteiger partial charge in [0.25, 0.3) is 17.2 Å². The maximum absolute atomic E-state index is 12.7. The Kier molecular flexibility index (Phi) is 5.26. The van der Waals surface area contributed by atoms with E-state index in [-0.39, 0.29) is 28.6 Å². The topological polar surface area (TPSA) is 136 Å².